The van der Waals surface area contributed by atoms with E-state index < -0.39 is 9.84 Å². The van der Waals surface area contributed by atoms with Crippen LogP contribution < -0.4 is 15.4 Å². The van der Waals surface area contributed by atoms with Crippen molar-refractivity contribution in [2.24, 2.45) is 0 Å². The number of carbonyl (C=O) groups excluding carboxylic acids is 1. The Hall–Kier alpha value is -1.60. The maximum absolute atomic E-state index is 11.6. The molecular formula is C12H18N2O4S. The zero-order chi connectivity index (χ0) is 14.3. The molecule has 0 heterocycles. The van der Waals surface area contributed by atoms with Crippen LogP contribution in [0.4, 0.5) is 5.69 Å². The van der Waals surface area contributed by atoms with Crippen LogP contribution >= 0.6 is 0 Å². The van der Waals surface area contributed by atoms with Crippen LogP contribution in [0.3, 0.4) is 0 Å². The summed E-state index contributed by atoms with van der Waals surface area (Å²) in [4.78, 5) is 11.6. The molecule has 0 atom stereocenters. The molecule has 0 aliphatic rings. The first-order valence-corrected chi connectivity index (χ1v) is 7.80. The van der Waals surface area contributed by atoms with E-state index in [2.05, 4.69) is 10.6 Å². The zero-order valence-electron chi connectivity index (χ0n) is 11.0. The number of rotatable bonds is 7. The van der Waals surface area contributed by atoms with Crippen LogP contribution in [0.2, 0.25) is 0 Å². The number of para-hydroxylation sites is 2. The number of amides is 1. The van der Waals surface area contributed by atoms with E-state index in [1.807, 2.05) is 0 Å². The maximum Gasteiger partial charge on any atom is 0.238 e. The van der Waals surface area contributed by atoms with Crippen LogP contribution in [-0.4, -0.2) is 46.5 Å². The number of hydrogen-bond acceptors (Lipinski definition) is 5. The van der Waals surface area contributed by atoms with Crippen LogP contribution in [0.1, 0.15) is 0 Å². The minimum atomic E-state index is -3.01. The highest BCUT2D eigenvalue weighted by molar-refractivity contribution is 7.90. The van der Waals surface area contributed by atoms with Crippen molar-refractivity contribution in [2.75, 3.05) is 37.5 Å². The fraction of sp³-hybridized carbons (Fsp3) is 0.417. The number of ether oxygens (including phenoxy) is 1. The lowest BCUT2D eigenvalue weighted by Crippen LogP contribution is -2.31. The standard InChI is InChI=1S/C12H18N2O4S/c1-18-11-6-4-3-5-10(11)14-12(15)9-13-7-8-19(2,16)17/h3-6,13H,7-9H2,1-2H3,(H,14,15). The van der Waals surface area contributed by atoms with E-state index in [1.165, 1.54) is 7.11 Å². The van der Waals surface area contributed by atoms with Crippen LogP contribution in [0, 0.1) is 0 Å². The Kier molecular flexibility index (Phi) is 5.78. The molecule has 0 unspecified atom stereocenters. The average Bonchev–Trinajstić information content (AvgIpc) is 2.34. The van der Waals surface area contributed by atoms with Gasteiger partial charge in [-0.25, -0.2) is 8.42 Å². The van der Waals surface area contributed by atoms with Crippen molar-refractivity contribution in [3.05, 3.63) is 24.3 Å². The Morgan fingerprint density at radius 1 is 1.32 bits per heavy atom. The van der Waals surface area contributed by atoms with Gasteiger partial charge >= 0.3 is 0 Å². The summed E-state index contributed by atoms with van der Waals surface area (Å²) in [6.45, 7) is 0.297. The summed E-state index contributed by atoms with van der Waals surface area (Å²) < 4.78 is 26.9. The topological polar surface area (TPSA) is 84.5 Å². The van der Waals surface area contributed by atoms with Gasteiger partial charge in [0.25, 0.3) is 0 Å². The number of anilines is 1. The summed E-state index contributed by atoms with van der Waals surface area (Å²) >= 11 is 0. The van der Waals surface area contributed by atoms with Gasteiger partial charge in [-0.1, -0.05) is 12.1 Å². The number of methoxy groups -OCH3 is 1. The van der Waals surface area contributed by atoms with Gasteiger partial charge in [-0.05, 0) is 12.1 Å². The molecule has 1 amide bonds. The molecule has 7 heteroatoms. The van der Waals surface area contributed by atoms with Crippen LogP contribution in [0.5, 0.6) is 5.75 Å². The van der Waals surface area contributed by atoms with Gasteiger partial charge in [0.15, 0.2) is 0 Å². The Labute approximate surface area is 113 Å². The Morgan fingerprint density at radius 3 is 2.63 bits per heavy atom. The second-order valence-electron chi connectivity index (χ2n) is 4.06. The molecule has 1 rings (SSSR count). The van der Waals surface area contributed by atoms with Gasteiger partial charge < -0.3 is 15.4 Å². The van der Waals surface area contributed by atoms with Gasteiger partial charge in [0.2, 0.25) is 5.91 Å². The Bertz CT molecular complexity index is 528. The molecule has 6 nitrogen and oxygen atoms in total. The number of nitrogens with one attached hydrogen (secondary N) is 2. The summed E-state index contributed by atoms with van der Waals surface area (Å²) in [5, 5.41) is 5.45. The molecule has 0 saturated heterocycles. The lowest BCUT2D eigenvalue weighted by Gasteiger charge is -2.10. The molecule has 1 aromatic rings. The summed E-state index contributed by atoms with van der Waals surface area (Å²) in [5.41, 5.74) is 0.583. The summed E-state index contributed by atoms with van der Waals surface area (Å²) in [7, 11) is -1.48. The van der Waals surface area contributed by atoms with E-state index in [9.17, 15) is 13.2 Å². The molecule has 106 valence electrons. The molecule has 2 N–H and O–H groups in total. The van der Waals surface area contributed by atoms with Gasteiger partial charge in [-0.15, -0.1) is 0 Å². The molecule has 0 bridgehead atoms. The smallest absolute Gasteiger partial charge is 0.238 e. The van der Waals surface area contributed by atoms with Crippen molar-refractivity contribution in [2.45, 2.75) is 0 Å². The molecule has 0 aliphatic carbocycles. The van der Waals surface area contributed by atoms with Crippen LogP contribution in [0.25, 0.3) is 0 Å². The molecule has 0 fully saturated rings. The molecule has 0 spiro atoms. The fourth-order valence-electron chi connectivity index (χ4n) is 1.40. The Morgan fingerprint density at radius 2 is 2.00 bits per heavy atom. The molecule has 0 aromatic heterocycles. The van der Waals surface area contributed by atoms with Crippen molar-refractivity contribution in [3.63, 3.8) is 0 Å². The molecular weight excluding hydrogens is 268 g/mol. The third kappa shape index (κ3) is 6.21. The molecule has 0 aliphatic heterocycles. The highest BCUT2D eigenvalue weighted by Crippen LogP contribution is 2.22. The van der Waals surface area contributed by atoms with Gasteiger partial charge in [-0.2, -0.15) is 0 Å². The van der Waals surface area contributed by atoms with Gasteiger partial charge in [0, 0.05) is 12.8 Å². The van der Waals surface area contributed by atoms with E-state index in [0.717, 1.165) is 6.26 Å². The van der Waals surface area contributed by atoms with Crippen molar-refractivity contribution >= 4 is 21.4 Å². The number of sulfone groups is 1. The molecule has 0 saturated carbocycles. The zero-order valence-corrected chi connectivity index (χ0v) is 11.8. The maximum atomic E-state index is 11.6. The third-order valence-corrected chi connectivity index (χ3v) is 3.26. The van der Waals surface area contributed by atoms with E-state index >= 15 is 0 Å². The highest BCUT2D eigenvalue weighted by atomic mass is 32.2. The first kappa shape index (κ1) is 15.5. The van der Waals surface area contributed by atoms with E-state index in [-0.39, 0.29) is 24.7 Å². The predicted octanol–water partition coefficient (Wildman–Crippen LogP) is 0.268. The van der Waals surface area contributed by atoms with Gasteiger partial charge in [0.05, 0.1) is 25.1 Å². The summed E-state index contributed by atoms with van der Waals surface area (Å²) in [6.07, 6.45) is 1.16. The van der Waals surface area contributed by atoms with Gasteiger partial charge in [-0.3, -0.25) is 4.79 Å². The normalized spacial score (nSPS) is 11.1. The van der Waals surface area contributed by atoms with Crippen molar-refractivity contribution < 1.29 is 17.9 Å². The highest BCUT2D eigenvalue weighted by Gasteiger charge is 2.07. The van der Waals surface area contributed by atoms with Gasteiger partial charge in [0.1, 0.15) is 15.6 Å². The number of hydrogen-bond donors (Lipinski definition) is 2. The number of carbonyl (C=O) groups is 1. The lowest BCUT2D eigenvalue weighted by atomic mass is 10.3. The minimum Gasteiger partial charge on any atom is -0.495 e. The van der Waals surface area contributed by atoms with Crippen molar-refractivity contribution in [1.29, 1.82) is 0 Å². The molecule has 19 heavy (non-hydrogen) atoms. The summed E-state index contributed by atoms with van der Waals surface area (Å²) in [6, 6.07) is 7.06. The van der Waals surface area contributed by atoms with Crippen molar-refractivity contribution in [1.82, 2.24) is 5.32 Å². The minimum absolute atomic E-state index is 0.00887. The second kappa shape index (κ2) is 7.10. The third-order valence-electron chi connectivity index (χ3n) is 2.32. The Balaban J connectivity index is 2.39. The first-order valence-electron chi connectivity index (χ1n) is 5.73. The second-order valence-corrected chi connectivity index (χ2v) is 6.31. The van der Waals surface area contributed by atoms with E-state index in [1.54, 1.807) is 24.3 Å². The predicted molar refractivity (Wildman–Crippen MR) is 74.2 cm³/mol. The summed E-state index contributed by atoms with van der Waals surface area (Å²) in [5.74, 6) is 0.333. The number of benzene rings is 1. The molecule has 0 radical (unpaired) electrons. The molecule has 1 aromatic carbocycles. The SMILES string of the molecule is COc1ccccc1NC(=O)CNCCS(C)(=O)=O. The average molecular weight is 286 g/mol. The van der Waals surface area contributed by atoms with E-state index in [4.69, 9.17) is 4.74 Å². The quantitative estimate of drug-likeness (QED) is 0.703. The van der Waals surface area contributed by atoms with Crippen LogP contribution in [-0.2, 0) is 14.6 Å². The first-order chi connectivity index (χ1) is 8.92. The van der Waals surface area contributed by atoms with E-state index in [0.29, 0.717) is 11.4 Å². The fourth-order valence-corrected chi connectivity index (χ4v) is 1.92. The lowest BCUT2D eigenvalue weighted by molar-refractivity contribution is -0.115. The van der Waals surface area contributed by atoms with Crippen LogP contribution in [0.15, 0.2) is 24.3 Å². The largest absolute Gasteiger partial charge is 0.495 e. The van der Waals surface area contributed by atoms with Crippen molar-refractivity contribution in [3.8, 4) is 5.75 Å². The monoisotopic (exact) mass is 286 g/mol.